The number of phenols is 1. The van der Waals surface area contributed by atoms with E-state index in [4.69, 9.17) is 5.73 Å². The average Bonchev–Trinajstić information content (AvgIpc) is 3.21. The van der Waals surface area contributed by atoms with Crippen LogP contribution in [0.1, 0.15) is 31.2 Å². The molecule has 0 aromatic heterocycles. The summed E-state index contributed by atoms with van der Waals surface area (Å²) in [5, 5.41) is 25.5. The summed E-state index contributed by atoms with van der Waals surface area (Å²) in [7, 11) is 1.56. The van der Waals surface area contributed by atoms with E-state index >= 15 is 0 Å². The highest BCUT2D eigenvalue weighted by atomic mass is 16.3. The quantitative estimate of drug-likeness (QED) is 0.298. The van der Waals surface area contributed by atoms with E-state index in [0.29, 0.717) is 32.4 Å². The highest BCUT2D eigenvalue weighted by Gasteiger charge is 2.35. The Kier molecular flexibility index (Phi) is 9.22. The number of aliphatic hydroxyl groups excluding tert-OH is 1. The molecular weight excluding hydrogens is 388 g/mol. The number of aromatic hydroxyl groups is 1. The van der Waals surface area contributed by atoms with Crippen LogP contribution in [0.5, 0.6) is 5.75 Å². The molecule has 2 rings (SSSR count). The van der Waals surface area contributed by atoms with Gasteiger partial charge < -0.3 is 36.3 Å². The van der Waals surface area contributed by atoms with Crippen molar-refractivity contribution < 1.29 is 24.6 Å². The van der Waals surface area contributed by atoms with Crippen molar-refractivity contribution in [3.8, 4) is 5.75 Å². The Bertz CT molecular complexity index is 712. The molecule has 3 unspecified atom stereocenters. The number of aliphatic hydroxyl groups is 1. The van der Waals surface area contributed by atoms with E-state index in [1.54, 1.807) is 19.2 Å². The van der Waals surface area contributed by atoms with Gasteiger partial charge in [0.1, 0.15) is 24.1 Å². The van der Waals surface area contributed by atoms with Crippen LogP contribution < -0.4 is 16.4 Å². The molecule has 0 spiro atoms. The van der Waals surface area contributed by atoms with Crippen molar-refractivity contribution in [1.29, 1.82) is 0 Å². The maximum atomic E-state index is 13.0. The molecule has 0 bridgehead atoms. The number of amides is 2. The third-order valence-electron chi connectivity index (χ3n) is 5.41. The molecule has 1 saturated heterocycles. The van der Waals surface area contributed by atoms with Crippen molar-refractivity contribution in [2.24, 2.45) is 5.73 Å². The number of nitrogens with one attached hydrogen (secondary N) is 2. The van der Waals surface area contributed by atoms with Crippen LogP contribution in [0, 0.1) is 0 Å². The number of benzene rings is 1. The van der Waals surface area contributed by atoms with Gasteiger partial charge in [-0.2, -0.15) is 0 Å². The SMILES string of the molecule is CNC(C(=O)NC(CCCN)C(=O)N1CCCC1C=O)[C@H](O)Cc1ccc(O)cc1. The molecular formula is C21H32N4O5. The Morgan fingerprint density at radius 3 is 2.63 bits per heavy atom. The van der Waals surface area contributed by atoms with Crippen LogP contribution in [0.15, 0.2) is 24.3 Å². The molecule has 0 saturated carbocycles. The number of nitrogens with two attached hydrogens (primary N) is 1. The summed E-state index contributed by atoms with van der Waals surface area (Å²) < 4.78 is 0. The van der Waals surface area contributed by atoms with Crippen molar-refractivity contribution >= 4 is 18.1 Å². The Morgan fingerprint density at radius 1 is 1.33 bits per heavy atom. The predicted molar refractivity (Wildman–Crippen MR) is 112 cm³/mol. The summed E-state index contributed by atoms with van der Waals surface area (Å²) in [5.74, 6) is -0.678. The van der Waals surface area contributed by atoms with Gasteiger partial charge in [0.05, 0.1) is 12.1 Å². The lowest BCUT2D eigenvalue weighted by Crippen LogP contribution is -2.57. The van der Waals surface area contributed by atoms with Crippen molar-refractivity contribution in [2.45, 2.75) is 56.3 Å². The normalized spacial score (nSPS) is 19.2. The van der Waals surface area contributed by atoms with Crippen LogP contribution in [0.3, 0.4) is 0 Å². The van der Waals surface area contributed by atoms with Crippen LogP contribution in [0.4, 0.5) is 0 Å². The van der Waals surface area contributed by atoms with E-state index in [1.165, 1.54) is 17.0 Å². The first kappa shape index (κ1) is 23.8. The van der Waals surface area contributed by atoms with Crippen LogP contribution in [-0.4, -0.2) is 77.6 Å². The van der Waals surface area contributed by atoms with Crippen molar-refractivity contribution in [3.63, 3.8) is 0 Å². The first-order valence-corrected chi connectivity index (χ1v) is 10.3. The summed E-state index contributed by atoms with van der Waals surface area (Å²) >= 11 is 0. The van der Waals surface area contributed by atoms with E-state index in [9.17, 15) is 24.6 Å². The van der Waals surface area contributed by atoms with Gasteiger partial charge in [0.15, 0.2) is 0 Å². The number of phenolic OH excluding ortho intramolecular Hbond substituents is 1. The minimum absolute atomic E-state index is 0.118. The molecule has 4 atom stereocenters. The topological polar surface area (TPSA) is 145 Å². The number of likely N-dealkylation sites (N-methyl/N-ethyl adjacent to an activating group) is 1. The number of rotatable bonds is 11. The zero-order valence-corrected chi connectivity index (χ0v) is 17.3. The maximum Gasteiger partial charge on any atom is 0.245 e. The minimum atomic E-state index is -1.04. The average molecular weight is 421 g/mol. The number of nitrogens with zero attached hydrogens (tertiary/aromatic N) is 1. The van der Waals surface area contributed by atoms with E-state index in [-0.39, 0.29) is 18.1 Å². The number of hydrogen-bond acceptors (Lipinski definition) is 7. The van der Waals surface area contributed by atoms with Gasteiger partial charge in [-0.1, -0.05) is 12.1 Å². The molecule has 1 fully saturated rings. The summed E-state index contributed by atoms with van der Waals surface area (Å²) in [4.78, 5) is 38.6. The van der Waals surface area contributed by atoms with Crippen molar-refractivity contribution in [3.05, 3.63) is 29.8 Å². The molecule has 9 nitrogen and oxygen atoms in total. The summed E-state index contributed by atoms with van der Waals surface area (Å²) in [6, 6.07) is 4.16. The highest BCUT2D eigenvalue weighted by Crippen LogP contribution is 2.18. The monoisotopic (exact) mass is 420 g/mol. The Balaban J connectivity index is 2.06. The van der Waals surface area contributed by atoms with Gasteiger partial charge in [-0.05, 0) is 57.0 Å². The molecule has 1 heterocycles. The third kappa shape index (κ3) is 6.25. The number of likely N-dealkylation sites (tertiary alicyclic amines) is 1. The third-order valence-corrected chi connectivity index (χ3v) is 5.41. The molecule has 1 aromatic rings. The van der Waals surface area contributed by atoms with Crippen LogP contribution in [-0.2, 0) is 20.8 Å². The molecule has 9 heteroatoms. The van der Waals surface area contributed by atoms with Crippen LogP contribution in [0.25, 0.3) is 0 Å². The fourth-order valence-electron chi connectivity index (χ4n) is 3.74. The number of aldehydes is 1. The first-order valence-electron chi connectivity index (χ1n) is 10.3. The lowest BCUT2D eigenvalue weighted by atomic mass is 10.0. The van der Waals surface area contributed by atoms with Gasteiger partial charge in [0.2, 0.25) is 11.8 Å². The maximum absolute atomic E-state index is 13.0. The first-order chi connectivity index (χ1) is 14.4. The molecule has 1 aliphatic rings. The molecule has 6 N–H and O–H groups in total. The van der Waals surface area contributed by atoms with Gasteiger partial charge in [0.25, 0.3) is 0 Å². The second-order valence-corrected chi connectivity index (χ2v) is 7.57. The second-order valence-electron chi connectivity index (χ2n) is 7.57. The molecule has 1 aliphatic heterocycles. The number of carbonyl (C=O) groups excluding carboxylic acids is 3. The second kappa shape index (κ2) is 11.6. The summed E-state index contributed by atoms with van der Waals surface area (Å²) in [5.41, 5.74) is 6.34. The fourth-order valence-corrected chi connectivity index (χ4v) is 3.74. The molecule has 2 amide bonds. The Hall–Kier alpha value is -2.49. The van der Waals surface area contributed by atoms with Gasteiger partial charge in [-0.15, -0.1) is 0 Å². The summed E-state index contributed by atoms with van der Waals surface area (Å²) in [6.45, 7) is 0.853. The lowest BCUT2D eigenvalue weighted by molar-refractivity contribution is -0.139. The van der Waals surface area contributed by atoms with Gasteiger partial charge >= 0.3 is 0 Å². The van der Waals surface area contributed by atoms with Crippen LogP contribution >= 0.6 is 0 Å². The van der Waals surface area contributed by atoms with E-state index in [2.05, 4.69) is 10.6 Å². The van der Waals surface area contributed by atoms with E-state index < -0.39 is 30.1 Å². The molecule has 1 aromatic carbocycles. The standard InChI is InChI=1S/C21H32N4O5/c1-23-19(18(28)12-14-6-8-16(27)9-7-14)20(29)24-17(5-2-10-22)21(30)25-11-3-4-15(25)13-26/h6-9,13,15,17-19,23,27-28H,2-5,10-12,22H2,1H3,(H,24,29)/t15?,17?,18-,19?/m1/s1. The van der Waals surface area contributed by atoms with Crippen LogP contribution in [0.2, 0.25) is 0 Å². The number of hydrogen-bond donors (Lipinski definition) is 5. The van der Waals surface area contributed by atoms with Gasteiger partial charge in [-0.25, -0.2) is 0 Å². The van der Waals surface area contributed by atoms with Crippen molar-refractivity contribution in [2.75, 3.05) is 20.1 Å². The zero-order chi connectivity index (χ0) is 22.1. The smallest absolute Gasteiger partial charge is 0.245 e. The van der Waals surface area contributed by atoms with Gasteiger partial charge in [0, 0.05) is 13.0 Å². The highest BCUT2D eigenvalue weighted by molar-refractivity contribution is 5.91. The van der Waals surface area contributed by atoms with E-state index in [0.717, 1.165) is 18.3 Å². The van der Waals surface area contributed by atoms with Gasteiger partial charge in [-0.3, -0.25) is 9.59 Å². The fraction of sp³-hybridized carbons (Fsp3) is 0.571. The largest absolute Gasteiger partial charge is 0.508 e. The number of carbonyl (C=O) groups is 3. The molecule has 0 radical (unpaired) electrons. The Morgan fingerprint density at radius 2 is 2.03 bits per heavy atom. The predicted octanol–water partition coefficient (Wildman–Crippen LogP) is -0.703. The lowest BCUT2D eigenvalue weighted by Gasteiger charge is -2.29. The molecule has 166 valence electrons. The molecule has 0 aliphatic carbocycles. The van der Waals surface area contributed by atoms with Crippen molar-refractivity contribution in [1.82, 2.24) is 15.5 Å². The summed E-state index contributed by atoms with van der Waals surface area (Å²) in [6.07, 6.45) is 2.18. The van der Waals surface area contributed by atoms with E-state index in [1.807, 2.05) is 0 Å². The minimum Gasteiger partial charge on any atom is -0.508 e. The zero-order valence-electron chi connectivity index (χ0n) is 17.3. The Labute approximate surface area is 176 Å². The molecule has 30 heavy (non-hydrogen) atoms.